The maximum Gasteiger partial charge on any atom is 0.338 e. The fourth-order valence-electron chi connectivity index (χ4n) is 2.52. The van der Waals surface area contributed by atoms with Crippen LogP contribution in [0.4, 0.5) is 5.13 Å². The average Bonchev–Trinajstić information content (AvgIpc) is 3.35. The van der Waals surface area contributed by atoms with Gasteiger partial charge in [-0.3, -0.25) is 10.1 Å². The largest absolute Gasteiger partial charge is 0.454 e. The van der Waals surface area contributed by atoms with Crippen molar-refractivity contribution in [2.24, 2.45) is 0 Å². The fourth-order valence-corrected chi connectivity index (χ4v) is 3.48. The molecule has 7 nitrogen and oxygen atoms in total. The molecule has 3 aromatic rings. The Hall–Kier alpha value is -3.10. The molecule has 0 saturated carbocycles. The van der Waals surface area contributed by atoms with Crippen molar-refractivity contribution in [3.8, 4) is 22.8 Å². The van der Waals surface area contributed by atoms with Crippen molar-refractivity contribution >= 4 is 39.9 Å². The van der Waals surface area contributed by atoms with Gasteiger partial charge in [-0.2, -0.15) is 0 Å². The van der Waals surface area contributed by atoms with Crippen molar-refractivity contribution < 1.29 is 23.8 Å². The van der Waals surface area contributed by atoms with Crippen LogP contribution in [-0.2, 0) is 9.53 Å². The lowest BCUT2D eigenvalue weighted by atomic mass is 10.2. The minimum absolute atomic E-state index is 0.111. The lowest BCUT2D eigenvalue weighted by Gasteiger charge is -2.05. The molecule has 0 radical (unpaired) electrons. The van der Waals surface area contributed by atoms with Crippen molar-refractivity contribution in [2.45, 2.75) is 0 Å². The number of aromatic nitrogens is 1. The summed E-state index contributed by atoms with van der Waals surface area (Å²) in [5, 5.41) is 5.35. The standard InChI is InChI=1S/C19H13ClN2O5S/c20-13-4-2-1-3-12(13)14-9-28-19(21-14)22-17(23)8-25-18(24)11-5-6-15-16(7-11)27-10-26-15/h1-7,9H,8,10H2,(H,21,22,23). The van der Waals surface area contributed by atoms with E-state index in [2.05, 4.69) is 10.3 Å². The van der Waals surface area contributed by atoms with Gasteiger partial charge in [-0.05, 0) is 24.3 Å². The van der Waals surface area contributed by atoms with E-state index in [1.807, 2.05) is 18.2 Å². The second-order valence-corrected chi connectivity index (χ2v) is 6.98. The summed E-state index contributed by atoms with van der Waals surface area (Å²) in [4.78, 5) is 28.5. The van der Waals surface area contributed by atoms with Gasteiger partial charge in [-0.15, -0.1) is 11.3 Å². The molecule has 0 fully saturated rings. The van der Waals surface area contributed by atoms with Gasteiger partial charge in [0.05, 0.1) is 11.3 Å². The first kappa shape index (κ1) is 18.3. The van der Waals surface area contributed by atoms with Crippen molar-refractivity contribution in [3.05, 3.63) is 58.4 Å². The zero-order valence-electron chi connectivity index (χ0n) is 14.3. The van der Waals surface area contributed by atoms with Gasteiger partial charge in [-0.25, -0.2) is 9.78 Å². The van der Waals surface area contributed by atoms with Crippen LogP contribution >= 0.6 is 22.9 Å². The van der Waals surface area contributed by atoms with Gasteiger partial charge >= 0.3 is 5.97 Å². The number of amides is 1. The van der Waals surface area contributed by atoms with Gasteiger partial charge in [0.25, 0.3) is 5.91 Å². The van der Waals surface area contributed by atoms with E-state index in [-0.39, 0.29) is 12.4 Å². The van der Waals surface area contributed by atoms with E-state index < -0.39 is 18.5 Å². The molecular formula is C19H13ClN2O5S. The highest BCUT2D eigenvalue weighted by Crippen LogP contribution is 2.33. The second kappa shape index (κ2) is 7.87. The number of nitrogens with zero attached hydrogens (tertiary/aromatic N) is 1. The normalized spacial score (nSPS) is 11.9. The summed E-state index contributed by atoms with van der Waals surface area (Å²) in [5.41, 5.74) is 1.70. The van der Waals surface area contributed by atoms with E-state index in [0.717, 1.165) is 5.56 Å². The Morgan fingerprint density at radius 2 is 2.00 bits per heavy atom. The van der Waals surface area contributed by atoms with Crippen molar-refractivity contribution in [1.29, 1.82) is 0 Å². The molecule has 0 aliphatic carbocycles. The molecular weight excluding hydrogens is 404 g/mol. The van der Waals surface area contributed by atoms with Crippen LogP contribution in [0.3, 0.4) is 0 Å². The third kappa shape index (κ3) is 3.92. The molecule has 0 saturated heterocycles. The quantitative estimate of drug-likeness (QED) is 0.633. The molecule has 1 aromatic heterocycles. The molecule has 0 atom stereocenters. The Morgan fingerprint density at radius 3 is 2.86 bits per heavy atom. The number of nitrogens with one attached hydrogen (secondary N) is 1. The first-order valence-electron chi connectivity index (χ1n) is 8.17. The van der Waals surface area contributed by atoms with Crippen molar-refractivity contribution in [1.82, 2.24) is 4.98 Å². The van der Waals surface area contributed by atoms with Gasteiger partial charge in [0.1, 0.15) is 0 Å². The van der Waals surface area contributed by atoms with E-state index in [0.29, 0.717) is 27.3 Å². The van der Waals surface area contributed by atoms with Gasteiger partial charge in [0, 0.05) is 16.0 Å². The maximum absolute atomic E-state index is 12.1. The number of halogens is 1. The number of carbonyl (C=O) groups is 2. The highest BCUT2D eigenvalue weighted by molar-refractivity contribution is 7.14. The average molecular weight is 417 g/mol. The van der Waals surface area contributed by atoms with Crippen LogP contribution in [0.5, 0.6) is 11.5 Å². The Morgan fingerprint density at radius 1 is 1.18 bits per heavy atom. The minimum Gasteiger partial charge on any atom is -0.454 e. The minimum atomic E-state index is -0.635. The van der Waals surface area contributed by atoms with E-state index >= 15 is 0 Å². The Labute approximate surface area is 168 Å². The smallest absolute Gasteiger partial charge is 0.338 e. The SMILES string of the molecule is O=C(COC(=O)c1ccc2c(c1)OCO2)Nc1nc(-c2ccccc2Cl)cs1. The molecule has 0 unspecified atom stereocenters. The number of benzene rings is 2. The number of thiazole rings is 1. The summed E-state index contributed by atoms with van der Waals surface area (Å²) in [6.07, 6.45) is 0. The summed E-state index contributed by atoms with van der Waals surface area (Å²) in [6, 6.07) is 12.0. The Bertz CT molecular complexity index is 1050. The molecule has 4 rings (SSSR count). The molecule has 2 heterocycles. The Kier molecular flexibility index (Phi) is 5.14. The fraction of sp³-hybridized carbons (Fsp3) is 0.105. The summed E-state index contributed by atoms with van der Waals surface area (Å²) in [7, 11) is 0. The van der Waals surface area contributed by atoms with Gasteiger partial charge < -0.3 is 14.2 Å². The molecule has 0 spiro atoms. The maximum atomic E-state index is 12.1. The van der Waals surface area contributed by atoms with Crippen LogP contribution < -0.4 is 14.8 Å². The number of hydrogen-bond donors (Lipinski definition) is 1. The number of anilines is 1. The zero-order chi connectivity index (χ0) is 19.5. The van der Waals surface area contributed by atoms with Crippen LogP contribution in [0, 0.1) is 0 Å². The molecule has 28 heavy (non-hydrogen) atoms. The highest BCUT2D eigenvalue weighted by Gasteiger charge is 2.18. The van der Waals surface area contributed by atoms with Crippen LogP contribution in [0.2, 0.25) is 5.02 Å². The third-order valence-corrected chi connectivity index (χ3v) is 4.93. The Balaban J connectivity index is 1.34. The number of carbonyl (C=O) groups excluding carboxylic acids is 2. The molecule has 2 aromatic carbocycles. The number of esters is 1. The summed E-state index contributed by atoms with van der Waals surface area (Å²) < 4.78 is 15.4. The van der Waals surface area contributed by atoms with E-state index in [1.54, 1.807) is 23.6 Å². The molecule has 0 bridgehead atoms. The monoisotopic (exact) mass is 416 g/mol. The third-order valence-electron chi connectivity index (χ3n) is 3.84. The lowest BCUT2D eigenvalue weighted by molar-refractivity contribution is -0.119. The van der Waals surface area contributed by atoms with Crippen LogP contribution in [0.25, 0.3) is 11.3 Å². The lowest BCUT2D eigenvalue weighted by Crippen LogP contribution is -2.20. The summed E-state index contributed by atoms with van der Waals surface area (Å²) >= 11 is 7.41. The number of ether oxygens (including phenoxy) is 3. The summed E-state index contributed by atoms with van der Waals surface area (Å²) in [6.45, 7) is -0.325. The van der Waals surface area contributed by atoms with E-state index in [1.165, 1.54) is 17.4 Å². The molecule has 9 heteroatoms. The first-order valence-corrected chi connectivity index (χ1v) is 9.43. The van der Waals surface area contributed by atoms with Crippen molar-refractivity contribution in [3.63, 3.8) is 0 Å². The topological polar surface area (TPSA) is 86.8 Å². The zero-order valence-corrected chi connectivity index (χ0v) is 15.9. The predicted octanol–water partition coefficient (Wildman–Crippen LogP) is 3.99. The summed E-state index contributed by atoms with van der Waals surface area (Å²) in [5.74, 6) is -0.0975. The van der Waals surface area contributed by atoms with Crippen LogP contribution in [0.15, 0.2) is 47.8 Å². The van der Waals surface area contributed by atoms with E-state index in [4.69, 9.17) is 25.8 Å². The van der Waals surface area contributed by atoms with Crippen LogP contribution in [0.1, 0.15) is 10.4 Å². The predicted molar refractivity (Wildman–Crippen MR) is 104 cm³/mol. The second-order valence-electron chi connectivity index (χ2n) is 5.71. The molecule has 142 valence electrons. The van der Waals surface area contributed by atoms with Gasteiger partial charge in [-0.1, -0.05) is 29.8 Å². The highest BCUT2D eigenvalue weighted by atomic mass is 35.5. The van der Waals surface area contributed by atoms with Gasteiger partial charge in [0.2, 0.25) is 6.79 Å². The number of hydrogen-bond acceptors (Lipinski definition) is 7. The van der Waals surface area contributed by atoms with Crippen LogP contribution in [-0.4, -0.2) is 30.3 Å². The molecule has 1 aliphatic rings. The molecule has 1 amide bonds. The molecule has 1 N–H and O–H groups in total. The van der Waals surface area contributed by atoms with Gasteiger partial charge in [0.15, 0.2) is 23.2 Å². The van der Waals surface area contributed by atoms with Crippen molar-refractivity contribution in [2.75, 3.05) is 18.7 Å². The molecule has 1 aliphatic heterocycles. The number of rotatable bonds is 5. The number of fused-ring (bicyclic) bond motifs is 1. The first-order chi connectivity index (χ1) is 13.6. The van der Waals surface area contributed by atoms with E-state index in [9.17, 15) is 9.59 Å².